The second kappa shape index (κ2) is 3.35. The quantitative estimate of drug-likeness (QED) is 0.598. The Morgan fingerprint density at radius 3 is 2.31 bits per heavy atom. The summed E-state index contributed by atoms with van der Waals surface area (Å²) >= 11 is 0. The van der Waals surface area contributed by atoms with Crippen LogP contribution in [0.3, 0.4) is 0 Å². The van der Waals surface area contributed by atoms with E-state index < -0.39 is 0 Å². The molecule has 0 bridgehead atoms. The predicted octanol–water partition coefficient (Wildman–Crippen LogP) is 4.52. The largest absolute Gasteiger partial charge is 0.0579 e. The fraction of sp³-hybridized carbons (Fsp3) is 0.625. The summed E-state index contributed by atoms with van der Waals surface area (Å²) < 4.78 is 0. The number of rotatable bonds is 0. The van der Waals surface area contributed by atoms with Crippen LogP contribution in [0, 0.1) is 6.92 Å². The van der Waals surface area contributed by atoms with E-state index in [1.807, 2.05) is 0 Å². The van der Waals surface area contributed by atoms with Crippen molar-refractivity contribution in [1.82, 2.24) is 0 Å². The molecule has 0 nitrogen and oxygen atoms in total. The van der Waals surface area contributed by atoms with Crippen LogP contribution >= 0.6 is 0 Å². The maximum atomic E-state index is 2.37. The lowest BCUT2D eigenvalue weighted by Gasteiger charge is -2.25. The Balaban J connectivity index is 2.60. The van der Waals surface area contributed by atoms with Crippen molar-refractivity contribution in [3.05, 3.63) is 34.4 Å². The Labute approximate surface area is 100 Å². The minimum Gasteiger partial charge on any atom is -0.0579 e. The molecule has 1 aromatic rings. The molecule has 1 aromatic carbocycles. The van der Waals surface area contributed by atoms with Gasteiger partial charge in [-0.3, -0.25) is 0 Å². The molecular formula is C16H24. The van der Waals surface area contributed by atoms with Crippen molar-refractivity contribution in [2.45, 2.75) is 65.2 Å². The molecule has 0 radical (unpaired) electrons. The Morgan fingerprint density at radius 2 is 1.75 bits per heavy atom. The minimum absolute atomic E-state index is 0.270. The maximum absolute atomic E-state index is 2.37. The monoisotopic (exact) mass is 216 g/mol. The van der Waals surface area contributed by atoms with Gasteiger partial charge < -0.3 is 0 Å². The molecule has 0 atom stereocenters. The lowest BCUT2D eigenvalue weighted by molar-refractivity contribution is 0.522. The summed E-state index contributed by atoms with van der Waals surface area (Å²) in [5.74, 6) is 0. The van der Waals surface area contributed by atoms with Gasteiger partial charge >= 0.3 is 0 Å². The molecule has 0 heteroatoms. The number of benzene rings is 1. The summed E-state index contributed by atoms with van der Waals surface area (Å²) in [5, 5.41) is 0. The summed E-state index contributed by atoms with van der Waals surface area (Å²) in [4.78, 5) is 0. The van der Waals surface area contributed by atoms with Gasteiger partial charge in [0, 0.05) is 0 Å². The van der Waals surface area contributed by atoms with Gasteiger partial charge in [-0.15, -0.1) is 0 Å². The molecule has 0 spiro atoms. The van der Waals surface area contributed by atoms with Gasteiger partial charge in [-0.1, -0.05) is 46.8 Å². The van der Waals surface area contributed by atoms with Crippen molar-refractivity contribution < 1.29 is 0 Å². The molecule has 0 saturated heterocycles. The third kappa shape index (κ3) is 1.69. The lowest BCUT2D eigenvalue weighted by atomic mass is 9.79. The average molecular weight is 216 g/mol. The Bertz CT molecular complexity index is 416. The van der Waals surface area contributed by atoms with E-state index in [4.69, 9.17) is 0 Å². The maximum Gasteiger partial charge on any atom is -0.00976 e. The van der Waals surface area contributed by atoms with E-state index in [1.165, 1.54) is 24.0 Å². The molecule has 0 aromatic heterocycles. The fourth-order valence-corrected chi connectivity index (χ4v) is 3.10. The zero-order chi connectivity index (χ0) is 12.1. The van der Waals surface area contributed by atoms with Crippen LogP contribution in [0.15, 0.2) is 12.1 Å². The van der Waals surface area contributed by atoms with E-state index in [9.17, 15) is 0 Å². The van der Waals surface area contributed by atoms with Gasteiger partial charge in [0.1, 0.15) is 0 Å². The minimum atomic E-state index is 0.270. The van der Waals surface area contributed by atoms with Crippen molar-refractivity contribution >= 4 is 0 Å². The first kappa shape index (κ1) is 11.7. The molecule has 88 valence electrons. The zero-order valence-electron chi connectivity index (χ0n) is 11.6. The normalized spacial score (nSPS) is 18.6. The SMILES string of the molecule is Cc1c(C(C)(C)C)ccc2c1CCC2(C)C. The summed E-state index contributed by atoms with van der Waals surface area (Å²) in [6, 6.07) is 4.72. The smallest absolute Gasteiger partial charge is 0.00976 e. The molecule has 0 N–H and O–H groups in total. The average Bonchev–Trinajstić information content (AvgIpc) is 2.42. The summed E-state index contributed by atoms with van der Waals surface area (Å²) in [5.41, 5.74) is 6.91. The van der Waals surface area contributed by atoms with E-state index in [1.54, 1.807) is 11.1 Å². The summed E-state index contributed by atoms with van der Waals surface area (Å²) in [6.45, 7) is 14.0. The van der Waals surface area contributed by atoms with E-state index in [0.717, 1.165) is 0 Å². The highest BCUT2D eigenvalue weighted by atomic mass is 14.4. The van der Waals surface area contributed by atoms with Crippen LogP contribution in [-0.2, 0) is 17.3 Å². The van der Waals surface area contributed by atoms with Gasteiger partial charge in [0.25, 0.3) is 0 Å². The van der Waals surface area contributed by atoms with Crippen molar-refractivity contribution in [2.75, 3.05) is 0 Å². The Hall–Kier alpha value is -0.780. The molecule has 0 unspecified atom stereocenters. The first-order valence-electron chi connectivity index (χ1n) is 6.37. The van der Waals surface area contributed by atoms with Crippen LogP contribution < -0.4 is 0 Å². The van der Waals surface area contributed by atoms with E-state index in [-0.39, 0.29) is 5.41 Å². The first-order valence-corrected chi connectivity index (χ1v) is 6.37. The van der Waals surface area contributed by atoms with Crippen molar-refractivity contribution in [2.24, 2.45) is 0 Å². The molecule has 0 aliphatic heterocycles. The topological polar surface area (TPSA) is 0 Å². The van der Waals surface area contributed by atoms with Gasteiger partial charge in [0.2, 0.25) is 0 Å². The summed E-state index contributed by atoms with van der Waals surface area (Å²) in [7, 11) is 0. The standard InChI is InChI=1S/C16H24/c1-11-12-9-10-16(5,6)14(12)8-7-13(11)15(2,3)4/h7-8H,9-10H2,1-6H3. The van der Waals surface area contributed by atoms with Crippen LogP contribution in [0.4, 0.5) is 0 Å². The lowest BCUT2D eigenvalue weighted by Crippen LogP contribution is -2.16. The Kier molecular flexibility index (Phi) is 2.45. The van der Waals surface area contributed by atoms with Crippen LogP contribution in [-0.4, -0.2) is 0 Å². The number of fused-ring (bicyclic) bond motifs is 1. The third-order valence-corrected chi connectivity index (χ3v) is 4.14. The van der Waals surface area contributed by atoms with Gasteiger partial charge in [-0.05, 0) is 52.8 Å². The zero-order valence-corrected chi connectivity index (χ0v) is 11.6. The fourth-order valence-electron chi connectivity index (χ4n) is 3.10. The molecule has 0 fully saturated rings. The Morgan fingerprint density at radius 1 is 1.12 bits per heavy atom. The van der Waals surface area contributed by atoms with Gasteiger partial charge in [-0.25, -0.2) is 0 Å². The second-order valence-corrected chi connectivity index (χ2v) is 6.90. The van der Waals surface area contributed by atoms with E-state index in [0.29, 0.717) is 5.41 Å². The first-order chi connectivity index (χ1) is 7.23. The van der Waals surface area contributed by atoms with Crippen molar-refractivity contribution in [3.63, 3.8) is 0 Å². The van der Waals surface area contributed by atoms with Gasteiger partial charge in [-0.2, -0.15) is 0 Å². The van der Waals surface area contributed by atoms with Crippen LogP contribution in [0.5, 0.6) is 0 Å². The number of hydrogen-bond donors (Lipinski definition) is 0. The van der Waals surface area contributed by atoms with E-state index in [2.05, 4.69) is 53.7 Å². The highest BCUT2D eigenvalue weighted by Gasteiger charge is 2.32. The van der Waals surface area contributed by atoms with Gasteiger partial charge in [0.05, 0.1) is 0 Å². The van der Waals surface area contributed by atoms with Crippen molar-refractivity contribution in [1.29, 1.82) is 0 Å². The van der Waals surface area contributed by atoms with Crippen LogP contribution in [0.1, 0.15) is 63.3 Å². The second-order valence-electron chi connectivity index (χ2n) is 6.90. The molecule has 16 heavy (non-hydrogen) atoms. The molecule has 2 rings (SSSR count). The molecule has 0 amide bonds. The molecular weight excluding hydrogens is 192 g/mol. The third-order valence-electron chi connectivity index (χ3n) is 4.14. The van der Waals surface area contributed by atoms with E-state index >= 15 is 0 Å². The van der Waals surface area contributed by atoms with Gasteiger partial charge in [0.15, 0.2) is 0 Å². The molecule has 1 aliphatic rings. The van der Waals surface area contributed by atoms with Crippen LogP contribution in [0.2, 0.25) is 0 Å². The predicted molar refractivity (Wildman–Crippen MR) is 71.2 cm³/mol. The van der Waals surface area contributed by atoms with Crippen molar-refractivity contribution in [3.8, 4) is 0 Å². The number of hydrogen-bond acceptors (Lipinski definition) is 0. The molecule has 1 aliphatic carbocycles. The van der Waals surface area contributed by atoms with Crippen LogP contribution in [0.25, 0.3) is 0 Å². The molecule has 0 heterocycles. The highest BCUT2D eigenvalue weighted by molar-refractivity contribution is 5.48. The highest BCUT2D eigenvalue weighted by Crippen LogP contribution is 2.42. The molecule has 0 saturated carbocycles. The summed E-state index contributed by atoms with van der Waals surface area (Å²) in [6.07, 6.45) is 2.56.